The van der Waals surface area contributed by atoms with Crippen LogP contribution in [0, 0.1) is 0 Å². The van der Waals surface area contributed by atoms with Crippen LogP contribution in [0.4, 0.5) is 5.69 Å². The lowest BCUT2D eigenvalue weighted by Gasteiger charge is -2.12. The number of fused-ring (bicyclic) bond motifs is 3. The van der Waals surface area contributed by atoms with Crippen LogP contribution in [0.15, 0.2) is 18.2 Å². The van der Waals surface area contributed by atoms with E-state index in [-0.39, 0.29) is 11.1 Å². The van der Waals surface area contributed by atoms with E-state index >= 15 is 0 Å². The number of hydrogen-bond donors (Lipinski definition) is 6. The summed E-state index contributed by atoms with van der Waals surface area (Å²) in [6.45, 7) is 0. The van der Waals surface area contributed by atoms with Gasteiger partial charge in [0.1, 0.15) is 6.10 Å². The van der Waals surface area contributed by atoms with Crippen LogP contribution in [0.25, 0.3) is 11.1 Å². The third kappa shape index (κ3) is 1.28. The molecule has 1 unspecified atom stereocenters. The van der Waals surface area contributed by atoms with Crippen LogP contribution in [0.5, 0.6) is 23.0 Å². The topological polar surface area (TPSA) is 127 Å². The summed E-state index contributed by atoms with van der Waals surface area (Å²) in [5.74, 6) is -2.94. The van der Waals surface area contributed by atoms with Gasteiger partial charge in [-0.2, -0.15) is 0 Å². The van der Waals surface area contributed by atoms with Crippen LogP contribution in [-0.2, 0) is 0 Å². The molecule has 0 saturated carbocycles. The molecular weight excluding hydrogens is 250 g/mol. The molecule has 0 amide bonds. The largest absolute Gasteiger partial charge is 0.504 e. The first kappa shape index (κ1) is 11.5. The maximum Gasteiger partial charge on any atom is 0.204 e. The zero-order valence-electron chi connectivity index (χ0n) is 9.62. The second-order valence-electron chi connectivity index (χ2n) is 4.43. The SMILES string of the molecule is Nc1ccc2c(c1)C(O)c1c(O)c(O)c(O)c(O)c1-2. The first-order chi connectivity index (χ1) is 8.93. The van der Waals surface area contributed by atoms with E-state index in [1.807, 2.05) is 0 Å². The lowest BCUT2D eigenvalue weighted by Crippen LogP contribution is -1.96. The molecule has 0 heterocycles. The maximum atomic E-state index is 10.2. The molecule has 1 aliphatic carbocycles. The number of aromatic hydroxyl groups is 4. The van der Waals surface area contributed by atoms with Crippen molar-refractivity contribution in [1.82, 2.24) is 0 Å². The molecule has 1 atom stereocenters. The number of nitrogen functional groups attached to an aromatic ring is 1. The summed E-state index contributed by atoms with van der Waals surface area (Å²) in [4.78, 5) is 0. The minimum atomic E-state index is -1.23. The van der Waals surface area contributed by atoms with E-state index in [4.69, 9.17) is 5.73 Å². The number of rotatable bonds is 0. The predicted octanol–water partition coefficient (Wildman–Crippen LogP) is 1.15. The van der Waals surface area contributed by atoms with Gasteiger partial charge in [-0.1, -0.05) is 6.07 Å². The Hall–Kier alpha value is -2.60. The fraction of sp³-hybridized carbons (Fsp3) is 0.0769. The fourth-order valence-electron chi connectivity index (χ4n) is 2.45. The lowest BCUT2D eigenvalue weighted by atomic mass is 10.0. The molecule has 6 nitrogen and oxygen atoms in total. The average molecular weight is 261 g/mol. The van der Waals surface area contributed by atoms with Crippen molar-refractivity contribution >= 4 is 5.69 Å². The van der Waals surface area contributed by atoms with Crippen molar-refractivity contribution in [1.29, 1.82) is 0 Å². The zero-order valence-corrected chi connectivity index (χ0v) is 9.62. The molecule has 98 valence electrons. The monoisotopic (exact) mass is 261 g/mol. The quantitative estimate of drug-likeness (QED) is 0.240. The fourth-order valence-corrected chi connectivity index (χ4v) is 2.45. The van der Waals surface area contributed by atoms with Crippen molar-refractivity contribution in [2.45, 2.75) is 6.10 Å². The molecule has 2 aromatic rings. The van der Waals surface area contributed by atoms with Crippen molar-refractivity contribution in [3.05, 3.63) is 29.3 Å². The summed E-state index contributed by atoms with van der Waals surface area (Å²) < 4.78 is 0. The highest BCUT2D eigenvalue weighted by Gasteiger charge is 2.36. The third-order valence-electron chi connectivity index (χ3n) is 3.35. The lowest BCUT2D eigenvalue weighted by molar-refractivity contribution is 0.218. The molecule has 0 fully saturated rings. The number of anilines is 1. The highest BCUT2D eigenvalue weighted by molar-refractivity contribution is 5.89. The van der Waals surface area contributed by atoms with Gasteiger partial charge >= 0.3 is 0 Å². The van der Waals surface area contributed by atoms with Gasteiger partial charge in [-0.15, -0.1) is 0 Å². The molecule has 6 heteroatoms. The highest BCUT2D eigenvalue weighted by Crippen LogP contribution is 2.58. The van der Waals surface area contributed by atoms with E-state index in [1.54, 1.807) is 12.1 Å². The molecule has 0 aliphatic heterocycles. The van der Waals surface area contributed by atoms with Gasteiger partial charge in [0.05, 0.1) is 0 Å². The van der Waals surface area contributed by atoms with Crippen LogP contribution in [0.2, 0.25) is 0 Å². The van der Waals surface area contributed by atoms with Gasteiger partial charge < -0.3 is 31.3 Å². The number of aliphatic hydroxyl groups excluding tert-OH is 1. The number of hydrogen-bond acceptors (Lipinski definition) is 6. The zero-order chi connectivity index (χ0) is 13.9. The summed E-state index contributed by atoms with van der Waals surface area (Å²) in [6.07, 6.45) is -1.23. The van der Waals surface area contributed by atoms with E-state index in [9.17, 15) is 25.5 Å². The van der Waals surface area contributed by atoms with E-state index in [2.05, 4.69) is 0 Å². The van der Waals surface area contributed by atoms with Crippen LogP contribution in [0.1, 0.15) is 17.2 Å². The number of nitrogens with two attached hydrogens (primary N) is 1. The van der Waals surface area contributed by atoms with E-state index in [1.165, 1.54) is 6.07 Å². The summed E-state index contributed by atoms with van der Waals surface area (Å²) in [7, 11) is 0. The normalized spacial score (nSPS) is 16.2. The van der Waals surface area contributed by atoms with Crippen molar-refractivity contribution in [2.24, 2.45) is 0 Å². The number of benzene rings is 2. The number of phenols is 4. The standard InChI is InChI=1S/C13H11NO5/c14-4-1-2-5-6(3-4)9(15)8-7(5)10(16)12(18)13(19)11(8)17/h1-3,9,15-19H,14H2. The van der Waals surface area contributed by atoms with Crippen molar-refractivity contribution in [3.63, 3.8) is 0 Å². The van der Waals surface area contributed by atoms with E-state index < -0.39 is 29.1 Å². The summed E-state index contributed by atoms with van der Waals surface area (Å²) >= 11 is 0. The van der Waals surface area contributed by atoms with Gasteiger partial charge in [0.2, 0.25) is 11.5 Å². The molecule has 0 bridgehead atoms. The molecule has 0 aromatic heterocycles. The van der Waals surface area contributed by atoms with Crippen molar-refractivity contribution < 1.29 is 25.5 Å². The molecule has 2 aromatic carbocycles. The Balaban J connectivity index is 2.44. The molecule has 1 aliphatic rings. The Morgan fingerprint density at radius 1 is 0.895 bits per heavy atom. The van der Waals surface area contributed by atoms with Gasteiger partial charge in [-0.25, -0.2) is 0 Å². The van der Waals surface area contributed by atoms with E-state index in [0.717, 1.165) is 0 Å². The van der Waals surface area contributed by atoms with E-state index in [0.29, 0.717) is 16.8 Å². The molecule has 0 radical (unpaired) electrons. The van der Waals surface area contributed by atoms with Crippen molar-refractivity contribution in [2.75, 3.05) is 5.73 Å². The van der Waals surface area contributed by atoms with Crippen molar-refractivity contribution in [3.8, 4) is 34.1 Å². The minimum absolute atomic E-state index is 0.0478. The molecular formula is C13H11NO5. The van der Waals surface area contributed by atoms with Crippen LogP contribution in [-0.4, -0.2) is 25.5 Å². The first-order valence-electron chi connectivity index (χ1n) is 5.51. The number of aliphatic hydroxyl groups is 1. The smallest absolute Gasteiger partial charge is 0.204 e. The van der Waals surface area contributed by atoms with Crippen LogP contribution < -0.4 is 5.73 Å². The average Bonchev–Trinajstić information content (AvgIpc) is 2.67. The van der Waals surface area contributed by atoms with Gasteiger partial charge in [0, 0.05) is 16.8 Å². The van der Waals surface area contributed by atoms with Crippen LogP contribution >= 0.6 is 0 Å². The number of phenolic OH excluding ortho intramolecular Hbond substituents is 4. The second kappa shape index (κ2) is 3.46. The molecule has 0 saturated heterocycles. The molecule has 0 spiro atoms. The summed E-state index contributed by atoms with van der Waals surface area (Å²) in [5.41, 5.74) is 6.93. The maximum absolute atomic E-state index is 10.2. The Morgan fingerprint density at radius 3 is 2.21 bits per heavy atom. The Labute approximate surface area is 107 Å². The van der Waals surface area contributed by atoms with Gasteiger partial charge in [-0.3, -0.25) is 0 Å². The summed E-state index contributed by atoms with van der Waals surface area (Å²) in [6, 6.07) is 4.64. The first-order valence-corrected chi connectivity index (χ1v) is 5.51. The Bertz CT molecular complexity index is 711. The highest BCUT2D eigenvalue weighted by atomic mass is 16.3. The summed E-state index contributed by atoms with van der Waals surface area (Å²) in [5, 5.41) is 48.9. The van der Waals surface area contributed by atoms with Gasteiger partial charge in [0.25, 0.3) is 0 Å². The van der Waals surface area contributed by atoms with Gasteiger partial charge in [0.15, 0.2) is 11.5 Å². The Kier molecular flexibility index (Phi) is 2.09. The molecule has 3 rings (SSSR count). The van der Waals surface area contributed by atoms with Gasteiger partial charge in [-0.05, 0) is 23.3 Å². The Morgan fingerprint density at radius 2 is 1.53 bits per heavy atom. The second-order valence-corrected chi connectivity index (χ2v) is 4.43. The molecule has 7 N–H and O–H groups in total. The van der Waals surface area contributed by atoms with Crippen LogP contribution in [0.3, 0.4) is 0 Å². The third-order valence-corrected chi connectivity index (χ3v) is 3.35. The minimum Gasteiger partial charge on any atom is -0.504 e. The predicted molar refractivity (Wildman–Crippen MR) is 67.0 cm³/mol. The molecule has 19 heavy (non-hydrogen) atoms.